The third kappa shape index (κ3) is 4.15. The van der Waals surface area contributed by atoms with Gasteiger partial charge in [0.2, 0.25) is 0 Å². The molecule has 2 aromatic carbocycles. The molecule has 0 fully saturated rings. The summed E-state index contributed by atoms with van der Waals surface area (Å²) in [6.07, 6.45) is 4.04. The number of hydrogen-bond acceptors (Lipinski definition) is 3. The third-order valence-electron chi connectivity index (χ3n) is 5.58. The molecule has 0 radical (unpaired) electrons. The van der Waals surface area contributed by atoms with Gasteiger partial charge in [0.1, 0.15) is 0 Å². The lowest BCUT2D eigenvalue weighted by atomic mass is 9.79. The normalized spacial score (nSPS) is 18.4. The zero-order chi connectivity index (χ0) is 20.5. The summed E-state index contributed by atoms with van der Waals surface area (Å²) in [5, 5.41) is 0.717. The molecule has 0 bridgehead atoms. The Labute approximate surface area is 173 Å². The van der Waals surface area contributed by atoms with Crippen LogP contribution in [0.5, 0.6) is 0 Å². The Morgan fingerprint density at radius 3 is 2.57 bits per heavy atom. The highest BCUT2D eigenvalue weighted by atomic mass is 35.5. The second-order valence-corrected chi connectivity index (χ2v) is 8.77. The number of rotatable bonds is 5. The minimum absolute atomic E-state index is 0.0572. The minimum Gasteiger partial charge on any atom is -0.366 e. The Bertz CT molecular complexity index is 900. The van der Waals surface area contributed by atoms with Crippen LogP contribution in [-0.2, 0) is 0 Å². The molecule has 1 heterocycles. The van der Waals surface area contributed by atoms with Crippen molar-refractivity contribution in [3.05, 3.63) is 58.1 Å². The molecule has 0 aromatic heterocycles. The molecule has 1 aliphatic heterocycles. The second kappa shape index (κ2) is 8.08. The Kier molecular flexibility index (Phi) is 5.95. The van der Waals surface area contributed by atoms with E-state index >= 15 is 0 Å². The Balaban J connectivity index is 1.94. The molecule has 4 heteroatoms. The fourth-order valence-corrected chi connectivity index (χ4v) is 4.40. The van der Waals surface area contributed by atoms with Gasteiger partial charge in [0.05, 0.1) is 10.7 Å². The van der Waals surface area contributed by atoms with E-state index in [-0.39, 0.29) is 11.3 Å². The predicted molar refractivity (Wildman–Crippen MR) is 120 cm³/mol. The van der Waals surface area contributed by atoms with Crippen LogP contribution < -0.4 is 4.90 Å². The molecule has 0 spiro atoms. The van der Waals surface area contributed by atoms with Crippen LogP contribution in [0.3, 0.4) is 0 Å². The van der Waals surface area contributed by atoms with Crippen molar-refractivity contribution in [3.8, 4) is 0 Å². The first kappa shape index (κ1) is 20.6. The topological polar surface area (TPSA) is 32.7 Å². The molecule has 0 saturated heterocycles. The van der Waals surface area contributed by atoms with Crippen LogP contribution in [0.4, 0.5) is 11.4 Å². The lowest BCUT2D eigenvalue weighted by Crippen LogP contribution is -2.48. The van der Waals surface area contributed by atoms with Gasteiger partial charge in [-0.05, 0) is 81.5 Å². The predicted octanol–water partition coefficient (Wildman–Crippen LogP) is 6.80. The number of Topliss-reactive ketones (excluding diaryl/α,β-unsaturated/α-hetero) is 1. The first-order valence-electron chi connectivity index (χ1n) is 9.99. The van der Waals surface area contributed by atoms with Crippen molar-refractivity contribution in [2.24, 2.45) is 4.99 Å². The van der Waals surface area contributed by atoms with Crippen molar-refractivity contribution in [3.63, 3.8) is 0 Å². The minimum atomic E-state index is 0.0572. The number of carbonyl (C=O) groups is 1. The SMILES string of the molecule is CCCN1c2cc(Cl)c(C=Nc3ccc(C(C)=O)cc3)cc2C(C)CC1(C)C. The Morgan fingerprint density at radius 2 is 1.96 bits per heavy atom. The number of anilines is 1. The fraction of sp³-hybridized carbons (Fsp3) is 0.417. The van der Waals surface area contributed by atoms with Gasteiger partial charge >= 0.3 is 0 Å². The zero-order valence-corrected chi connectivity index (χ0v) is 18.2. The van der Waals surface area contributed by atoms with Gasteiger partial charge in [-0.2, -0.15) is 0 Å². The van der Waals surface area contributed by atoms with Crippen LogP contribution in [0.25, 0.3) is 0 Å². The number of benzene rings is 2. The Morgan fingerprint density at radius 1 is 1.29 bits per heavy atom. The van der Waals surface area contributed by atoms with Gasteiger partial charge in [-0.25, -0.2) is 0 Å². The number of fused-ring (bicyclic) bond motifs is 1. The molecule has 0 amide bonds. The van der Waals surface area contributed by atoms with Crippen LogP contribution in [0, 0.1) is 0 Å². The molecule has 0 N–H and O–H groups in total. The van der Waals surface area contributed by atoms with Crippen molar-refractivity contribution in [1.29, 1.82) is 0 Å². The average Bonchev–Trinajstić information content (AvgIpc) is 2.63. The molecular formula is C24H29ClN2O. The van der Waals surface area contributed by atoms with Crippen molar-refractivity contribution in [2.75, 3.05) is 11.4 Å². The maximum atomic E-state index is 11.4. The quantitative estimate of drug-likeness (QED) is 0.411. The van der Waals surface area contributed by atoms with Crippen LogP contribution in [0.2, 0.25) is 5.02 Å². The zero-order valence-electron chi connectivity index (χ0n) is 17.4. The fourth-order valence-electron chi connectivity index (χ4n) is 4.19. The number of aliphatic imine (C=N–C) groups is 1. The van der Waals surface area contributed by atoms with Gasteiger partial charge in [0.25, 0.3) is 0 Å². The largest absolute Gasteiger partial charge is 0.366 e. The standard InChI is InChI=1S/C24H29ClN2O/c1-6-11-27-23-13-22(25)19(12-21(23)16(2)14-24(27,4)5)15-26-20-9-7-18(8-10-20)17(3)28/h7-10,12-13,15-16H,6,11,14H2,1-5H3. The molecule has 1 aliphatic rings. The maximum Gasteiger partial charge on any atom is 0.159 e. The number of carbonyl (C=O) groups excluding carboxylic acids is 1. The van der Waals surface area contributed by atoms with Gasteiger partial charge < -0.3 is 4.90 Å². The number of hydrogen-bond donors (Lipinski definition) is 0. The number of nitrogens with zero attached hydrogens (tertiary/aromatic N) is 2. The highest BCUT2D eigenvalue weighted by Gasteiger charge is 2.36. The van der Waals surface area contributed by atoms with Crippen molar-refractivity contribution >= 4 is 35.0 Å². The van der Waals surface area contributed by atoms with E-state index < -0.39 is 0 Å². The van der Waals surface area contributed by atoms with Crippen molar-refractivity contribution < 1.29 is 4.79 Å². The highest BCUT2D eigenvalue weighted by molar-refractivity contribution is 6.33. The van der Waals surface area contributed by atoms with E-state index in [1.165, 1.54) is 11.3 Å². The molecule has 0 saturated carbocycles. The summed E-state index contributed by atoms with van der Waals surface area (Å²) in [6, 6.07) is 11.6. The summed E-state index contributed by atoms with van der Waals surface area (Å²) in [5.41, 5.74) is 5.14. The summed E-state index contributed by atoms with van der Waals surface area (Å²) >= 11 is 6.64. The monoisotopic (exact) mass is 396 g/mol. The van der Waals surface area contributed by atoms with Crippen molar-refractivity contribution in [2.45, 2.75) is 58.9 Å². The summed E-state index contributed by atoms with van der Waals surface area (Å²) < 4.78 is 0. The molecule has 28 heavy (non-hydrogen) atoms. The summed E-state index contributed by atoms with van der Waals surface area (Å²) in [4.78, 5) is 18.5. The van der Waals surface area contributed by atoms with E-state index in [0.29, 0.717) is 16.5 Å². The lowest BCUT2D eigenvalue weighted by molar-refractivity contribution is 0.101. The molecular weight excluding hydrogens is 368 g/mol. The van der Waals surface area contributed by atoms with Gasteiger partial charge in [0, 0.05) is 35.1 Å². The Hall–Kier alpha value is -2.13. The lowest BCUT2D eigenvalue weighted by Gasteiger charge is -2.47. The average molecular weight is 397 g/mol. The van der Waals surface area contributed by atoms with Gasteiger partial charge in [-0.3, -0.25) is 9.79 Å². The molecule has 1 unspecified atom stereocenters. The highest BCUT2D eigenvalue weighted by Crippen LogP contribution is 2.45. The summed E-state index contributed by atoms with van der Waals surface area (Å²) in [6.45, 7) is 11.7. The first-order chi connectivity index (χ1) is 13.2. The summed E-state index contributed by atoms with van der Waals surface area (Å²) in [5.74, 6) is 0.527. The van der Waals surface area contributed by atoms with E-state index in [9.17, 15) is 4.79 Å². The van der Waals surface area contributed by atoms with E-state index in [1.807, 2.05) is 18.3 Å². The molecule has 0 aliphatic carbocycles. The smallest absolute Gasteiger partial charge is 0.159 e. The third-order valence-corrected chi connectivity index (χ3v) is 5.91. The summed E-state index contributed by atoms with van der Waals surface area (Å²) in [7, 11) is 0. The van der Waals surface area contributed by atoms with E-state index in [0.717, 1.165) is 30.6 Å². The number of halogens is 1. The van der Waals surface area contributed by atoms with Crippen LogP contribution in [0.1, 0.15) is 74.9 Å². The van der Waals surface area contributed by atoms with Gasteiger partial charge in [-0.15, -0.1) is 0 Å². The first-order valence-corrected chi connectivity index (χ1v) is 10.4. The van der Waals surface area contributed by atoms with Crippen LogP contribution >= 0.6 is 11.6 Å². The molecule has 3 nitrogen and oxygen atoms in total. The maximum absolute atomic E-state index is 11.4. The van der Waals surface area contributed by atoms with E-state index in [4.69, 9.17) is 11.6 Å². The molecule has 1 atom stereocenters. The molecule has 3 rings (SSSR count). The molecule has 2 aromatic rings. The van der Waals surface area contributed by atoms with Gasteiger partial charge in [-0.1, -0.05) is 25.4 Å². The second-order valence-electron chi connectivity index (χ2n) is 8.36. The van der Waals surface area contributed by atoms with Gasteiger partial charge in [0.15, 0.2) is 5.78 Å². The van der Waals surface area contributed by atoms with E-state index in [1.54, 1.807) is 19.1 Å². The van der Waals surface area contributed by atoms with E-state index in [2.05, 4.69) is 49.7 Å². The van der Waals surface area contributed by atoms with Crippen LogP contribution in [-0.4, -0.2) is 24.1 Å². The van der Waals surface area contributed by atoms with Crippen molar-refractivity contribution in [1.82, 2.24) is 0 Å². The molecule has 148 valence electrons. The number of ketones is 1. The van der Waals surface area contributed by atoms with Crippen LogP contribution in [0.15, 0.2) is 41.4 Å².